The highest BCUT2D eigenvalue weighted by atomic mass is 19.4. The van der Waals surface area contributed by atoms with E-state index in [1.54, 1.807) is 6.07 Å². The van der Waals surface area contributed by atoms with Gasteiger partial charge in [-0.2, -0.15) is 13.2 Å². The van der Waals surface area contributed by atoms with Crippen LogP contribution in [0.25, 0.3) is 5.57 Å². The molecular formula is C28H39F3N2O3. The third-order valence-electron chi connectivity index (χ3n) is 8.29. The molecule has 4 rings (SSSR count). The minimum atomic E-state index is -4.39. The Morgan fingerprint density at radius 1 is 1.31 bits per heavy atom. The Bertz CT molecular complexity index is 946. The molecule has 1 saturated heterocycles. The highest BCUT2D eigenvalue weighted by Gasteiger charge is 2.50. The van der Waals surface area contributed by atoms with Gasteiger partial charge < -0.3 is 20.1 Å². The van der Waals surface area contributed by atoms with Gasteiger partial charge in [-0.15, -0.1) is 0 Å². The zero-order valence-corrected chi connectivity index (χ0v) is 21.5. The van der Waals surface area contributed by atoms with E-state index in [9.17, 15) is 18.0 Å². The first kappa shape index (κ1) is 27.3. The van der Waals surface area contributed by atoms with Crippen molar-refractivity contribution in [2.24, 2.45) is 11.3 Å². The zero-order chi connectivity index (χ0) is 25.9. The van der Waals surface area contributed by atoms with E-state index in [1.165, 1.54) is 12.1 Å². The van der Waals surface area contributed by atoms with Crippen molar-refractivity contribution < 1.29 is 27.4 Å². The number of hydrogen-bond donors (Lipinski definition) is 2. The summed E-state index contributed by atoms with van der Waals surface area (Å²) in [5.41, 5.74) is 0.212. The number of nitrogens with one attached hydrogen (secondary N) is 2. The number of hydrogen-bond acceptors (Lipinski definition) is 5. The molecule has 0 aromatic heterocycles. The summed E-state index contributed by atoms with van der Waals surface area (Å²) in [7, 11) is 0. The molecule has 5 nitrogen and oxygen atoms in total. The molecule has 5 atom stereocenters. The maximum Gasteiger partial charge on any atom is 0.416 e. The van der Waals surface area contributed by atoms with Gasteiger partial charge in [0.05, 0.1) is 24.3 Å². The molecule has 1 aromatic carbocycles. The number of benzene rings is 1. The maximum absolute atomic E-state index is 14.0. The Hall–Kier alpha value is -1.74. The molecule has 2 aliphatic heterocycles. The molecule has 36 heavy (non-hydrogen) atoms. The summed E-state index contributed by atoms with van der Waals surface area (Å²) in [4.78, 5) is 14.0. The second kappa shape index (κ2) is 11.3. The van der Waals surface area contributed by atoms with Crippen molar-refractivity contribution in [1.82, 2.24) is 10.6 Å². The number of ketones is 1. The molecule has 200 valence electrons. The fraction of sp³-hybridized carbons (Fsp3) is 0.679. The Kier molecular flexibility index (Phi) is 8.60. The summed E-state index contributed by atoms with van der Waals surface area (Å²) in [6.07, 6.45) is 1.32. The van der Waals surface area contributed by atoms with Gasteiger partial charge in [0.15, 0.2) is 5.78 Å². The Balaban J connectivity index is 1.46. The summed E-state index contributed by atoms with van der Waals surface area (Å²) >= 11 is 0. The van der Waals surface area contributed by atoms with Crippen molar-refractivity contribution >= 4 is 11.4 Å². The van der Waals surface area contributed by atoms with Crippen molar-refractivity contribution in [3.05, 3.63) is 41.5 Å². The van der Waals surface area contributed by atoms with E-state index < -0.39 is 23.2 Å². The fourth-order valence-corrected chi connectivity index (χ4v) is 6.20. The molecule has 0 bridgehead atoms. The van der Waals surface area contributed by atoms with E-state index in [0.29, 0.717) is 38.3 Å². The number of ether oxygens (including phenoxy) is 2. The largest absolute Gasteiger partial charge is 0.416 e. The second-order valence-electron chi connectivity index (χ2n) is 10.7. The van der Waals surface area contributed by atoms with Crippen molar-refractivity contribution in [2.45, 2.75) is 83.3 Å². The topological polar surface area (TPSA) is 59.6 Å². The third kappa shape index (κ3) is 5.87. The summed E-state index contributed by atoms with van der Waals surface area (Å²) in [6.45, 7) is 8.62. The van der Waals surface area contributed by atoms with Crippen LogP contribution in [0.1, 0.15) is 64.0 Å². The normalized spacial score (nSPS) is 31.5. The van der Waals surface area contributed by atoms with Crippen molar-refractivity contribution in [1.29, 1.82) is 0 Å². The van der Waals surface area contributed by atoms with Gasteiger partial charge in [0, 0.05) is 37.3 Å². The van der Waals surface area contributed by atoms with Crippen LogP contribution in [0.3, 0.4) is 0 Å². The lowest BCUT2D eigenvalue weighted by molar-refractivity contribution is -0.137. The zero-order valence-electron chi connectivity index (χ0n) is 21.5. The van der Waals surface area contributed by atoms with Crippen LogP contribution in [0, 0.1) is 11.3 Å². The van der Waals surface area contributed by atoms with Crippen LogP contribution in [0.5, 0.6) is 0 Å². The molecule has 0 radical (unpaired) electrons. The first-order valence-electron chi connectivity index (χ1n) is 13.2. The third-order valence-corrected chi connectivity index (χ3v) is 8.29. The lowest BCUT2D eigenvalue weighted by atomic mass is 9.69. The van der Waals surface area contributed by atoms with Gasteiger partial charge >= 0.3 is 6.18 Å². The smallest absolute Gasteiger partial charge is 0.379 e. The quantitative estimate of drug-likeness (QED) is 0.518. The van der Waals surface area contributed by atoms with Gasteiger partial charge in [-0.25, -0.2) is 0 Å². The van der Waals surface area contributed by atoms with Crippen LogP contribution in [0.15, 0.2) is 30.3 Å². The minimum Gasteiger partial charge on any atom is -0.379 e. The molecule has 2 fully saturated rings. The van der Waals surface area contributed by atoms with Gasteiger partial charge in [0.1, 0.15) is 0 Å². The van der Waals surface area contributed by atoms with E-state index in [1.807, 2.05) is 13.0 Å². The summed E-state index contributed by atoms with van der Waals surface area (Å²) < 4.78 is 51.2. The average Bonchev–Trinajstić information content (AvgIpc) is 3.30. The lowest BCUT2D eigenvalue weighted by Gasteiger charge is -2.38. The van der Waals surface area contributed by atoms with E-state index in [0.717, 1.165) is 37.3 Å². The van der Waals surface area contributed by atoms with Crippen molar-refractivity contribution in [3.63, 3.8) is 0 Å². The number of alkyl halides is 3. The highest BCUT2D eigenvalue weighted by molar-refractivity contribution is 5.92. The monoisotopic (exact) mass is 508 g/mol. The van der Waals surface area contributed by atoms with Gasteiger partial charge in [-0.1, -0.05) is 32.1 Å². The predicted molar refractivity (Wildman–Crippen MR) is 134 cm³/mol. The molecule has 2 heterocycles. The van der Waals surface area contributed by atoms with Crippen LogP contribution in [0.4, 0.5) is 13.2 Å². The lowest BCUT2D eigenvalue weighted by Crippen LogP contribution is -2.52. The second-order valence-corrected chi connectivity index (χ2v) is 10.7. The van der Waals surface area contributed by atoms with Crippen molar-refractivity contribution in [2.75, 3.05) is 26.4 Å². The van der Waals surface area contributed by atoms with E-state index in [4.69, 9.17) is 9.47 Å². The number of rotatable bonds is 8. The Labute approximate surface area is 212 Å². The predicted octanol–water partition coefficient (Wildman–Crippen LogP) is 5.00. The van der Waals surface area contributed by atoms with Gasteiger partial charge in [-0.05, 0) is 68.2 Å². The van der Waals surface area contributed by atoms with Crippen LogP contribution in [0.2, 0.25) is 0 Å². The number of Topliss-reactive ketones (excluding diaryl/α,β-unsaturated/α-hetero) is 1. The van der Waals surface area contributed by atoms with Crippen LogP contribution >= 0.6 is 0 Å². The Morgan fingerprint density at radius 2 is 2.11 bits per heavy atom. The molecule has 2 N–H and O–H groups in total. The molecule has 0 spiro atoms. The molecule has 3 aliphatic rings. The molecule has 0 amide bonds. The molecular weight excluding hydrogens is 469 g/mol. The summed E-state index contributed by atoms with van der Waals surface area (Å²) in [6, 6.07) is 5.45. The number of carbonyl (C=O) groups is 1. The first-order chi connectivity index (χ1) is 17.1. The molecule has 4 unspecified atom stereocenters. The molecule has 1 aliphatic carbocycles. The Morgan fingerprint density at radius 3 is 2.83 bits per heavy atom. The highest BCUT2D eigenvalue weighted by Crippen LogP contribution is 2.47. The van der Waals surface area contributed by atoms with E-state index in [-0.39, 0.29) is 29.9 Å². The standard InChI is InChI=1S/C28H39F3N2O3/c1-4-36-25-17-35-13-10-23(25)33-22-8-11-27(16-22,18(2)3)26(34)24-15-20(9-12-32-24)19-6-5-7-21(14-19)28(29,30)31/h5-7,9,14,18,22-25,32-33H,4,8,10-13,15-17H2,1-3H3/t22-,23?,24?,25?,27?/m1/s1. The van der Waals surface area contributed by atoms with Crippen LogP contribution in [-0.2, 0) is 20.4 Å². The molecule has 1 aromatic rings. The van der Waals surface area contributed by atoms with E-state index in [2.05, 4.69) is 24.5 Å². The van der Waals surface area contributed by atoms with Gasteiger partial charge in [-0.3, -0.25) is 4.79 Å². The summed E-state index contributed by atoms with van der Waals surface area (Å²) in [5.74, 6) is 0.353. The number of carbonyl (C=O) groups excluding carboxylic acids is 1. The molecule has 1 saturated carbocycles. The van der Waals surface area contributed by atoms with Gasteiger partial charge in [0.25, 0.3) is 0 Å². The summed E-state index contributed by atoms with van der Waals surface area (Å²) in [5, 5.41) is 7.11. The van der Waals surface area contributed by atoms with Crippen LogP contribution < -0.4 is 10.6 Å². The maximum atomic E-state index is 14.0. The molecule has 8 heteroatoms. The first-order valence-corrected chi connectivity index (χ1v) is 13.2. The SMILES string of the molecule is CCOC1COCCC1N[C@@H]1CCC(C(=O)C2CC(c3cccc(C(F)(F)F)c3)=CCN2)(C(C)C)C1. The van der Waals surface area contributed by atoms with Crippen molar-refractivity contribution in [3.8, 4) is 0 Å². The minimum absolute atomic E-state index is 0.0219. The fourth-order valence-electron chi connectivity index (χ4n) is 6.20. The van der Waals surface area contributed by atoms with Gasteiger partial charge in [0.2, 0.25) is 0 Å². The van der Waals surface area contributed by atoms with E-state index >= 15 is 0 Å². The number of halogens is 3. The van der Waals surface area contributed by atoms with Crippen LogP contribution in [-0.4, -0.2) is 56.4 Å². The average molecular weight is 509 g/mol.